The molecule has 1 amide bonds. The van der Waals surface area contributed by atoms with Crippen molar-refractivity contribution in [3.63, 3.8) is 0 Å². The fourth-order valence-corrected chi connectivity index (χ4v) is 4.35. The quantitative estimate of drug-likeness (QED) is 0.385. The van der Waals surface area contributed by atoms with E-state index in [1.54, 1.807) is 4.90 Å². The van der Waals surface area contributed by atoms with Gasteiger partial charge in [0.2, 0.25) is 5.91 Å². The lowest BCUT2D eigenvalue weighted by Gasteiger charge is -2.34. The predicted molar refractivity (Wildman–Crippen MR) is 102 cm³/mol. The molecule has 2 aliphatic carbocycles. The number of carbonyl (C=O) groups excluding carboxylic acids is 1. The Morgan fingerprint density at radius 2 is 1.92 bits per heavy atom. The summed E-state index contributed by atoms with van der Waals surface area (Å²) in [6.45, 7) is 1.70. The first-order valence-corrected chi connectivity index (χ1v) is 10.3. The third-order valence-corrected chi connectivity index (χ3v) is 6.66. The normalized spacial score (nSPS) is 25.4. The second-order valence-electron chi connectivity index (χ2n) is 7.87. The van der Waals surface area contributed by atoms with Gasteiger partial charge >= 0.3 is 0 Å². The van der Waals surface area contributed by atoms with Crippen molar-refractivity contribution in [2.45, 2.75) is 62.4 Å². The zero-order valence-electron chi connectivity index (χ0n) is 14.9. The Morgan fingerprint density at radius 3 is 2.50 bits per heavy atom. The molecule has 3 fully saturated rings. The van der Waals surface area contributed by atoms with Crippen molar-refractivity contribution in [3.05, 3.63) is 29.8 Å². The number of hydroxylamine groups is 1. The lowest BCUT2D eigenvalue weighted by molar-refractivity contribution is -0.133. The molecule has 0 spiro atoms. The smallest absolute Gasteiger partial charge is 0.247 e. The summed E-state index contributed by atoms with van der Waals surface area (Å²) in [5.74, 6) is -0.166. The van der Waals surface area contributed by atoms with E-state index in [2.05, 4.69) is 17.4 Å². The molecule has 6 nitrogen and oxygen atoms in total. The molecule has 1 aromatic rings. The molecule has 142 valence electrons. The van der Waals surface area contributed by atoms with Crippen LogP contribution in [-0.2, 0) is 10.2 Å². The Hall–Kier alpha value is -1.12. The van der Waals surface area contributed by atoms with E-state index in [9.17, 15) is 10.0 Å². The van der Waals surface area contributed by atoms with Crippen LogP contribution in [0.5, 0.6) is 0 Å². The van der Waals surface area contributed by atoms with Gasteiger partial charge in [-0.1, -0.05) is 23.0 Å². The van der Waals surface area contributed by atoms with Crippen LogP contribution in [0.4, 0.5) is 5.69 Å². The summed E-state index contributed by atoms with van der Waals surface area (Å²) in [5.41, 5.74) is 2.49. The van der Waals surface area contributed by atoms with Crippen molar-refractivity contribution in [1.29, 1.82) is 0 Å². The number of piperidine rings is 1. The van der Waals surface area contributed by atoms with Gasteiger partial charge in [-0.15, -0.1) is 0 Å². The van der Waals surface area contributed by atoms with Gasteiger partial charge in [-0.05, 0) is 56.2 Å². The molecule has 0 radical (unpaired) electrons. The summed E-state index contributed by atoms with van der Waals surface area (Å²) in [6, 6.07) is 8.36. The van der Waals surface area contributed by atoms with Crippen molar-refractivity contribution in [1.82, 2.24) is 9.79 Å². The largest absolute Gasteiger partial charge is 0.315 e. The van der Waals surface area contributed by atoms with Crippen LogP contribution in [0, 0.1) is 0 Å². The van der Waals surface area contributed by atoms with Crippen molar-refractivity contribution >= 4 is 23.8 Å². The van der Waals surface area contributed by atoms with Crippen LogP contribution in [0.2, 0.25) is 0 Å². The number of nitrogens with one attached hydrogen (secondary N) is 1. The fraction of sp³-hybridized carbons (Fsp3) is 0.632. The fourth-order valence-electron chi connectivity index (χ4n) is 4.04. The highest BCUT2D eigenvalue weighted by Crippen LogP contribution is 2.48. The second kappa shape index (κ2) is 7.48. The Morgan fingerprint density at radius 1 is 1.19 bits per heavy atom. The van der Waals surface area contributed by atoms with E-state index in [1.165, 1.54) is 37.7 Å². The molecule has 1 heterocycles. The molecule has 2 saturated carbocycles. The van der Waals surface area contributed by atoms with Crippen LogP contribution >= 0.6 is 12.2 Å². The number of nitrogens with zero attached hydrogens (tertiary/aromatic N) is 2. The number of hydrogen-bond acceptors (Lipinski definition) is 6. The molecule has 1 aliphatic heterocycles. The van der Waals surface area contributed by atoms with Gasteiger partial charge in [0.05, 0.1) is 0 Å². The van der Waals surface area contributed by atoms with Crippen LogP contribution in [0.1, 0.15) is 50.5 Å². The lowest BCUT2D eigenvalue weighted by atomic mass is 9.90. The summed E-state index contributed by atoms with van der Waals surface area (Å²) in [6.07, 6.45) is 7.76. The van der Waals surface area contributed by atoms with E-state index in [1.807, 2.05) is 12.1 Å². The molecule has 4 rings (SSSR count). The van der Waals surface area contributed by atoms with E-state index < -0.39 is 6.04 Å². The van der Waals surface area contributed by atoms with E-state index in [0.29, 0.717) is 23.5 Å². The average Bonchev–Trinajstić information content (AvgIpc) is 3.41. The minimum absolute atomic E-state index is 0.166. The van der Waals surface area contributed by atoms with Gasteiger partial charge in [0.1, 0.15) is 18.3 Å². The summed E-state index contributed by atoms with van der Waals surface area (Å²) in [5, 5.41) is 13.4. The molecule has 0 bridgehead atoms. The maximum atomic E-state index is 12.6. The predicted octanol–water partition coefficient (Wildman–Crippen LogP) is 3.17. The first-order valence-electron chi connectivity index (χ1n) is 9.58. The maximum Gasteiger partial charge on any atom is 0.247 e. The monoisotopic (exact) mass is 377 g/mol. The number of amides is 1. The van der Waals surface area contributed by atoms with Gasteiger partial charge in [0, 0.05) is 30.2 Å². The molecular weight excluding hydrogens is 350 g/mol. The van der Waals surface area contributed by atoms with Crippen molar-refractivity contribution in [3.8, 4) is 0 Å². The Balaban J connectivity index is 1.43. The zero-order chi connectivity index (χ0) is 18.1. The van der Waals surface area contributed by atoms with Gasteiger partial charge in [0.25, 0.3) is 0 Å². The Kier molecular flexibility index (Phi) is 5.25. The van der Waals surface area contributed by atoms with Crippen molar-refractivity contribution < 1.29 is 14.6 Å². The van der Waals surface area contributed by atoms with Crippen LogP contribution in [0.25, 0.3) is 0 Å². The summed E-state index contributed by atoms with van der Waals surface area (Å²) in [7, 11) is 0. The molecule has 1 atom stereocenters. The van der Waals surface area contributed by atoms with Gasteiger partial charge in [-0.3, -0.25) is 4.79 Å². The molecule has 1 saturated heterocycles. The topological polar surface area (TPSA) is 76.0 Å². The zero-order valence-corrected chi connectivity index (χ0v) is 15.7. The first-order chi connectivity index (χ1) is 12.6. The SMILES string of the molecule is O=C1C(N(O)SO)CCCN1c1ccc(C2(CNC3CCC3)CC2)cc1. The number of carbonyl (C=O) groups is 1. The second-order valence-corrected chi connectivity index (χ2v) is 8.41. The number of rotatable bonds is 7. The Labute approximate surface area is 158 Å². The average molecular weight is 378 g/mol. The van der Waals surface area contributed by atoms with Gasteiger partial charge in [-0.25, -0.2) is 0 Å². The highest BCUT2D eigenvalue weighted by Gasteiger charge is 2.44. The van der Waals surface area contributed by atoms with E-state index in [4.69, 9.17) is 4.55 Å². The molecule has 1 aromatic carbocycles. The van der Waals surface area contributed by atoms with E-state index in [-0.39, 0.29) is 23.6 Å². The van der Waals surface area contributed by atoms with Gasteiger partial charge in [0.15, 0.2) is 0 Å². The van der Waals surface area contributed by atoms with Crippen molar-refractivity contribution in [2.75, 3.05) is 18.0 Å². The van der Waals surface area contributed by atoms with E-state index in [0.717, 1.165) is 18.7 Å². The number of hydrogen-bond donors (Lipinski definition) is 3. The molecule has 26 heavy (non-hydrogen) atoms. The minimum atomic E-state index is -0.695. The third kappa shape index (κ3) is 3.51. The molecule has 0 aromatic heterocycles. The standard InChI is InChI=1S/C19H27N3O3S/c23-18-17(22(24)26-25)5-2-12-21(18)16-8-6-14(7-9-16)19(10-11-19)13-20-15-3-1-4-15/h6-9,15,17,20,24-25H,1-5,10-13H2. The van der Waals surface area contributed by atoms with Crippen LogP contribution in [0.15, 0.2) is 24.3 Å². The van der Waals surface area contributed by atoms with Gasteiger partial charge in [-0.2, -0.15) is 0 Å². The van der Waals surface area contributed by atoms with Crippen molar-refractivity contribution in [2.24, 2.45) is 0 Å². The number of anilines is 1. The number of benzene rings is 1. The van der Waals surface area contributed by atoms with Crippen LogP contribution in [0.3, 0.4) is 0 Å². The highest BCUT2D eigenvalue weighted by atomic mass is 32.2. The molecule has 3 aliphatic rings. The third-order valence-electron chi connectivity index (χ3n) is 6.24. The molecule has 7 heteroatoms. The first kappa shape index (κ1) is 18.3. The molecule has 1 unspecified atom stereocenters. The highest BCUT2D eigenvalue weighted by molar-refractivity contribution is 7.91. The lowest BCUT2D eigenvalue weighted by Crippen LogP contribution is -2.49. The summed E-state index contributed by atoms with van der Waals surface area (Å²) in [4.78, 5) is 14.3. The van der Waals surface area contributed by atoms with Crippen LogP contribution in [-0.4, -0.2) is 45.3 Å². The summed E-state index contributed by atoms with van der Waals surface area (Å²) >= 11 is 0.195. The Bertz CT molecular complexity index is 646. The summed E-state index contributed by atoms with van der Waals surface area (Å²) < 4.78 is 9.67. The van der Waals surface area contributed by atoms with Gasteiger partial charge < -0.3 is 20.0 Å². The molecule has 3 N–H and O–H groups in total. The minimum Gasteiger partial charge on any atom is -0.315 e. The van der Waals surface area contributed by atoms with Crippen LogP contribution < -0.4 is 10.2 Å². The maximum absolute atomic E-state index is 12.6. The molecular formula is C19H27N3O3S. The van der Waals surface area contributed by atoms with E-state index >= 15 is 0 Å².